The van der Waals surface area contributed by atoms with Gasteiger partial charge in [0, 0.05) is 19.1 Å². The van der Waals surface area contributed by atoms with Crippen molar-refractivity contribution in [3.63, 3.8) is 0 Å². The van der Waals surface area contributed by atoms with E-state index in [9.17, 15) is 4.79 Å². The molecule has 1 aliphatic rings. The van der Waals surface area contributed by atoms with Crippen molar-refractivity contribution in [3.8, 4) is 0 Å². The molecule has 0 aromatic carbocycles. The van der Waals surface area contributed by atoms with Gasteiger partial charge in [-0.3, -0.25) is 4.79 Å². The normalized spacial score (nSPS) is 16.7. The lowest BCUT2D eigenvalue weighted by molar-refractivity contribution is -0.129. The first-order valence-corrected chi connectivity index (χ1v) is 8.56. The van der Waals surface area contributed by atoms with Crippen molar-refractivity contribution < 1.29 is 4.79 Å². The maximum absolute atomic E-state index is 12.3. The quantitative estimate of drug-likeness (QED) is 0.837. The molecule has 1 aromatic heterocycles. The number of hydrogen-bond acceptors (Lipinski definition) is 5. The SMILES string of the molecule is CC1CCN(C(=O)CSc2nnc(CN)n2C(C)C)CC1. The summed E-state index contributed by atoms with van der Waals surface area (Å²) >= 11 is 1.46. The van der Waals surface area contributed by atoms with Gasteiger partial charge in [0.15, 0.2) is 5.16 Å². The summed E-state index contributed by atoms with van der Waals surface area (Å²) in [4.78, 5) is 14.2. The number of carbonyl (C=O) groups is 1. The van der Waals surface area contributed by atoms with E-state index in [1.165, 1.54) is 11.8 Å². The Labute approximate surface area is 130 Å². The van der Waals surface area contributed by atoms with Gasteiger partial charge in [0.1, 0.15) is 5.82 Å². The van der Waals surface area contributed by atoms with Gasteiger partial charge in [0.25, 0.3) is 0 Å². The maximum atomic E-state index is 12.3. The molecule has 6 nitrogen and oxygen atoms in total. The number of nitrogens with two attached hydrogens (primary N) is 1. The fraction of sp³-hybridized carbons (Fsp3) is 0.786. The zero-order chi connectivity index (χ0) is 15.4. The first-order valence-electron chi connectivity index (χ1n) is 7.57. The highest BCUT2D eigenvalue weighted by Gasteiger charge is 2.21. The summed E-state index contributed by atoms with van der Waals surface area (Å²) in [5, 5.41) is 9.04. The second-order valence-electron chi connectivity index (χ2n) is 5.92. The maximum Gasteiger partial charge on any atom is 0.233 e. The molecule has 1 aliphatic heterocycles. The standard InChI is InChI=1S/C14H25N5OS/c1-10(2)19-12(8-15)16-17-14(19)21-9-13(20)18-6-4-11(3)5-7-18/h10-11H,4-9,15H2,1-3H3. The zero-order valence-corrected chi connectivity index (χ0v) is 13.9. The molecule has 2 rings (SSSR count). The summed E-state index contributed by atoms with van der Waals surface area (Å²) in [5.74, 6) is 2.12. The number of likely N-dealkylation sites (tertiary alicyclic amines) is 1. The minimum absolute atomic E-state index is 0.194. The second-order valence-corrected chi connectivity index (χ2v) is 6.86. The number of nitrogens with zero attached hydrogens (tertiary/aromatic N) is 4. The molecule has 118 valence electrons. The number of amides is 1. The van der Waals surface area contributed by atoms with Crippen LogP contribution in [0.2, 0.25) is 0 Å². The Morgan fingerprint density at radius 1 is 1.38 bits per heavy atom. The van der Waals surface area contributed by atoms with Crippen LogP contribution in [-0.2, 0) is 11.3 Å². The van der Waals surface area contributed by atoms with E-state index in [1.54, 1.807) is 0 Å². The van der Waals surface area contributed by atoms with Crippen molar-refractivity contribution in [1.82, 2.24) is 19.7 Å². The Morgan fingerprint density at radius 2 is 2.05 bits per heavy atom. The van der Waals surface area contributed by atoms with Crippen LogP contribution in [0.3, 0.4) is 0 Å². The lowest BCUT2D eigenvalue weighted by Gasteiger charge is -2.30. The third kappa shape index (κ3) is 3.97. The Balaban J connectivity index is 1.94. The van der Waals surface area contributed by atoms with Crippen molar-refractivity contribution in [3.05, 3.63) is 5.82 Å². The molecular formula is C14H25N5OS. The number of aromatic nitrogens is 3. The highest BCUT2D eigenvalue weighted by atomic mass is 32.2. The van der Waals surface area contributed by atoms with E-state index in [0.717, 1.165) is 42.8 Å². The van der Waals surface area contributed by atoms with Crippen molar-refractivity contribution in [2.24, 2.45) is 11.7 Å². The smallest absolute Gasteiger partial charge is 0.233 e. The van der Waals surface area contributed by atoms with Gasteiger partial charge in [-0.05, 0) is 32.6 Å². The van der Waals surface area contributed by atoms with Crippen LogP contribution in [0.1, 0.15) is 45.5 Å². The summed E-state index contributed by atoms with van der Waals surface area (Å²) in [6, 6.07) is 0.243. The number of piperidine rings is 1. The van der Waals surface area contributed by atoms with Crippen LogP contribution in [0, 0.1) is 5.92 Å². The highest BCUT2D eigenvalue weighted by molar-refractivity contribution is 7.99. The van der Waals surface area contributed by atoms with Gasteiger partial charge in [-0.15, -0.1) is 10.2 Å². The van der Waals surface area contributed by atoms with Crippen molar-refractivity contribution in [2.75, 3.05) is 18.8 Å². The van der Waals surface area contributed by atoms with E-state index >= 15 is 0 Å². The van der Waals surface area contributed by atoms with Crippen LogP contribution < -0.4 is 5.73 Å². The molecule has 1 fully saturated rings. The van der Waals surface area contributed by atoms with E-state index < -0.39 is 0 Å². The first-order chi connectivity index (χ1) is 10.0. The Hall–Kier alpha value is -1.08. The van der Waals surface area contributed by atoms with Crippen LogP contribution in [0.15, 0.2) is 5.16 Å². The van der Waals surface area contributed by atoms with Gasteiger partial charge in [-0.2, -0.15) is 0 Å². The summed E-state index contributed by atoms with van der Waals surface area (Å²) in [6.07, 6.45) is 2.21. The third-order valence-corrected chi connectivity index (χ3v) is 4.82. The van der Waals surface area contributed by atoms with Gasteiger partial charge >= 0.3 is 0 Å². The average molecular weight is 311 g/mol. The van der Waals surface area contributed by atoms with Crippen molar-refractivity contribution >= 4 is 17.7 Å². The molecule has 2 heterocycles. The van der Waals surface area contributed by atoms with E-state index in [-0.39, 0.29) is 11.9 Å². The van der Waals surface area contributed by atoms with E-state index in [2.05, 4.69) is 31.0 Å². The first kappa shape index (κ1) is 16.3. The zero-order valence-electron chi connectivity index (χ0n) is 13.1. The summed E-state index contributed by atoms with van der Waals surface area (Å²) in [5.41, 5.74) is 5.68. The molecular weight excluding hydrogens is 286 g/mol. The molecule has 0 atom stereocenters. The largest absolute Gasteiger partial charge is 0.342 e. The predicted molar refractivity (Wildman–Crippen MR) is 84.0 cm³/mol. The van der Waals surface area contributed by atoms with E-state index in [0.29, 0.717) is 12.3 Å². The molecule has 1 aromatic rings. The van der Waals surface area contributed by atoms with Crippen LogP contribution in [0.25, 0.3) is 0 Å². The van der Waals surface area contributed by atoms with Crippen LogP contribution >= 0.6 is 11.8 Å². The summed E-state index contributed by atoms with van der Waals surface area (Å²) in [7, 11) is 0. The molecule has 21 heavy (non-hydrogen) atoms. The average Bonchev–Trinajstić information content (AvgIpc) is 2.88. The highest BCUT2D eigenvalue weighted by Crippen LogP contribution is 2.23. The minimum Gasteiger partial charge on any atom is -0.342 e. The Bertz CT molecular complexity index is 480. The lowest BCUT2D eigenvalue weighted by Crippen LogP contribution is -2.38. The van der Waals surface area contributed by atoms with Gasteiger partial charge in [-0.25, -0.2) is 0 Å². The fourth-order valence-corrected chi connectivity index (χ4v) is 3.53. The molecule has 7 heteroatoms. The van der Waals surface area contributed by atoms with Crippen molar-refractivity contribution in [2.45, 2.75) is 51.4 Å². The lowest BCUT2D eigenvalue weighted by atomic mass is 9.99. The molecule has 0 unspecified atom stereocenters. The molecule has 2 N–H and O–H groups in total. The molecule has 0 saturated carbocycles. The minimum atomic E-state index is 0.194. The Kier molecular flexibility index (Phi) is 5.64. The molecule has 0 bridgehead atoms. The van der Waals surface area contributed by atoms with Gasteiger partial charge < -0.3 is 15.2 Å². The predicted octanol–water partition coefficient (Wildman–Crippen LogP) is 1.67. The van der Waals surface area contributed by atoms with Crippen LogP contribution in [0.4, 0.5) is 0 Å². The number of thioether (sulfide) groups is 1. The topological polar surface area (TPSA) is 77.0 Å². The van der Waals surface area contributed by atoms with Gasteiger partial charge in [-0.1, -0.05) is 18.7 Å². The summed E-state index contributed by atoms with van der Waals surface area (Å²) < 4.78 is 2.01. The van der Waals surface area contributed by atoms with Crippen LogP contribution in [0.5, 0.6) is 0 Å². The number of hydrogen-bond donors (Lipinski definition) is 1. The number of carbonyl (C=O) groups excluding carboxylic acids is 1. The third-order valence-electron chi connectivity index (χ3n) is 3.90. The molecule has 0 aliphatic carbocycles. The monoisotopic (exact) mass is 311 g/mol. The van der Waals surface area contributed by atoms with Gasteiger partial charge in [0.05, 0.1) is 12.3 Å². The summed E-state index contributed by atoms with van der Waals surface area (Å²) in [6.45, 7) is 8.51. The second kappa shape index (κ2) is 7.26. The molecule has 0 radical (unpaired) electrons. The Morgan fingerprint density at radius 3 is 2.62 bits per heavy atom. The molecule has 0 spiro atoms. The fourth-order valence-electron chi connectivity index (χ4n) is 2.54. The van der Waals surface area contributed by atoms with Crippen LogP contribution in [-0.4, -0.2) is 44.4 Å². The van der Waals surface area contributed by atoms with Gasteiger partial charge in [0.2, 0.25) is 5.91 Å². The molecule has 1 amide bonds. The molecule has 1 saturated heterocycles. The van der Waals surface area contributed by atoms with Crippen molar-refractivity contribution in [1.29, 1.82) is 0 Å². The number of rotatable bonds is 5. The van der Waals surface area contributed by atoms with E-state index in [4.69, 9.17) is 5.73 Å². The van der Waals surface area contributed by atoms with E-state index in [1.807, 2.05) is 9.47 Å².